The molecule has 78 valence electrons. The summed E-state index contributed by atoms with van der Waals surface area (Å²) in [5.74, 6) is -0.429. The number of nitrogens with zero attached hydrogens (tertiary/aromatic N) is 2. The molecule has 1 atom stereocenters. The summed E-state index contributed by atoms with van der Waals surface area (Å²) in [7, 11) is 0. The van der Waals surface area contributed by atoms with Gasteiger partial charge < -0.3 is 15.6 Å². The topological polar surface area (TPSA) is 114 Å². The highest BCUT2D eigenvalue weighted by molar-refractivity contribution is 5.84. The Hall–Kier alpha value is -1.47. The fourth-order valence-electron chi connectivity index (χ4n) is 0.814. The first-order chi connectivity index (χ1) is 6.69. The number of H-pyrrole nitrogens is 1. The second kappa shape index (κ2) is 4.68. The Kier molecular flexibility index (Phi) is 3.55. The lowest BCUT2D eigenvalue weighted by Crippen LogP contribution is -2.16. The first kappa shape index (κ1) is 10.6. The lowest BCUT2D eigenvalue weighted by atomic mass is 10.3. The maximum absolute atomic E-state index is 11.1. The monoisotopic (exact) mass is 200 g/mol. The minimum Gasteiger partial charge on any atom is -0.460 e. The van der Waals surface area contributed by atoms with E-state index in [1.165, 1.54) is 0 Å². The Labute approximate surface area is 80.3 Å². The van der Waals surface area contributed by atoms with E-state index in [4.69, 9.17) is 10.8 Å². The van der Waals surface area contributed by atoms with Gasteiger partial charge in [0, 0.05) is 0 Å². The summed E-state index contributed by atoms with van der Waals surface area (Å²) in [6, 6.07) is -0.661. The van der Waals surface area contributed by atoms with Gasteiger partial charge in [-0.25, -0.2) is 9.78 Å². The van der Waals surface area contributed by atoms with Crippen LogP contribution < -0.4 is 5.73 Å². The number of aliphatic hydroxyl groups excluding tert-OH is 1. The average Bonchev–Trinajstić information content (AvgIpc) is 2.66. The number of rotatable bonds is 4. The molecule has 1 heterocycles. The normalized spacial score (nSPS) is 12.5. The second-order valence-electron chi connectivity index (χ2n) is 2.55. The van der Waals surface area contributed by atoms with Crippen molar-refractivity contribution >= 4 is 5.97 Å². The Morgan fingerprint density at radius 2 is 2.50 bits per heavy atom. The Morgan fingerprint density at radius 1 is 1.79 bits per heavy atom. The first-order valence-electron chi connectivity index (χ1n) is 4.14. The molecule has 14 heavy (non-hydrogen) atoms. The summed E-state index contributed by atoms with van der Waals surface area (Å²) < 4.78 is 4.67. The van der Waals surface area contributed by atoms with Crippen LogP contribution >= 0.6 is 0 Å². The Balaban J connectivity index is 2.72. The SMILES string of the molecule is CCOC(=O)c1n[nH]c([C@H](N)CO)n1. The molecule has 1 aromatic rings. The van der Waals surface area contributed by atoms with E-state index in [1.54, 1.807) is 6.92 Å². The highest BCUT2D eigenvalue weighted by atomic mass is 16.5. The zero-order valence-corrected chi connectivity index (χ0v) is 7.73. The molecule has 7 nitrogen and oxygen atoms in total. The van der Waals surface area contributed by atoms with Crippen LogP contribution in [0.5, 0.6) is 0 Å². The zero-order valence-electron chi connectivity index (χ0n) is 7.73. The van der Waals surface area contributed by atoms with E-state index in [0.29, 0.717) is 0 Å². The van der Waals surface area contributed by atoms with Crippen LogP contribution in [0.15, 0.2) is 0 Å². The molecule has 4 N–H and O–H groups in total. The highest BCUT2D eigenvalue weighted by Crippen LogP contribution is 2.03. The molecule has 0 bridgehead atoms. The van der Waals surface area contributed by atoms with Gasteiger partial charge in [0.15, 0.2) is 0 Å². The average molecular weight is 200 g/mol. The number of hydrogen-bond acceptors (Lipinski definition) is 6. The van der Waals surface area contributed by atoms with Crippen LogP contribution in [0.2, 0.25) is 0 Å². The van der Waals surface area contributed by atoms with Gasteiger partial charge >= 0.3 is 5.97 Å². The number of aromatic nitrogens is 3. The van der Waals surface area contributed by atoms with Crippen molar-refractivity contribution in [2.24, 2.45) is 5.73 Å². The van der Waals surface area contributed by atoms with Crippen molar-refractivity contribution in [2.45, 2.75) is 13.0 Å². The van der Waals surface area contributed by atoms with Crippen LogP contribution in [0.1, 0.15) is 29.4 Å². The van der Waals surface area contributed by atoms with Gasteiger partial charge in [-0.2, -0.15) is 0 Å². The Bertz CT molecular complexity index is 312. The molecule has 7 heteroatoms. The summed E-state index contributed by atoms with van der Waals surface area (Å²) in [6.07, 6.45) is 0. The van der Waals surface area contributed by atoms with E-state index < -0.39 is 12.0 Å². The number of aromatic amines is 1. The number of carbonyl (C=O) groups is 1. The van der Waals surface area contributed by atoms with Crippen molar-refractivity contribution in [1.29, 1.82) is 0 Å². The van der Waals surface area contributed by atoms with E-state index in [0.717, 1.165) is 0 Å². The minimum absolute atomic E-state index is 0.0780. The molecule has 0 saturated heterocycles. The molecular formula is C7H12N4O3. The van der Waals surface area contributed by atoms with Crippen LogP contribution in [0.3, 0.4) is 0 Å². The molecule has 0 amide bonds. The third-order valence-electron chi connectivity index (χ3n) is 1.51. The van der Waals surface area contributed by atoms with Gasteiger partial charge in [-0.3, -0.25) is 5.10 Å². The number of esters is 1. The zero-order chi connectivity index (χ0) is 10.6. The smallest absolute Gasteiger partial charge is 0.378 e. The molecule has 0 radical (unpaired) electrons. The van der Waals surface area contributed by atoms with Gasteiger partial charge in [0.1, 0.15) is 5.82 Å². The summed E-state index contributed by atoms with van der Waals surface area (Å²) in [5.41, 5.74) is 5.45. The van der Waals surface area contributed by atoms with Crippen molar-refractivity contribution in [1.82, 2.24) is 15.2 Å². The van der Waals surface area contributed by atoms with Crippen molar-refractivity contribution in [3.63, 3.8) is 0 Å². The number of nitrogens with two attached hydrogens (primary N) is 1. The summed E-state index contributed by atoms with van der Waals surface area (Å²) in [6.45, 7) is 1.68. The van der Waals surface area contributed by atoms with E-state index in [2.05, 4.69) is 19.9 Å². The largest absolute Gasteiger partial charge is 0.460 e. The molecule has 0 unspecified atom stereocenters. The summed E-state index contributed by atoms with van der Waals surface area (Å²) in [5, 5.41) is 14.8. The molecular weight excluding hydrogens is 188 g/mol. The molecule has 1 rings (SSSR count). The maximum atomic E-state index is 11.1. The number of carbonyl (C=O) groups excluding carboxylic acids is 1. The molecule has 0 fully saturated rings. The fraction of sp³-hybridized carbons (Fsp3) is 0.571. The van der Waals surface area contributed by atoms with Crippen LogP contribution in [0.4, 0.5) is 0 Å². The Morgan fingerprint density at radius 3 is 3.07 bits per heavy atom. The van der Waals surface area contributed by atoms with E-state index >= 15 is 0 Å². The van der Waals surface area contributed by atoms with Crippen molar-refractivity contribution < 1.29 is 14.6 Å². The number of aliphatic hydroxyl groups is 1. The van der Waals surface area contributed by atoms with Crippen LogP contribution in [0, 0.1) is 0 Å². The van der Waals surface area contributed by atoms with Gasteiger partial charge in [-0.05, 0) is 6.92 Å². The molecule has 0 aliphatic rings. The number of ether oxygens (including phenoxy) is 1. The molecule has 0 aliphatic heterocycles. The van der Waals surface area contributed by atoms with E-state index in [1.807, 2.05) is 0 Å². The molecule has 1 aromatic heterocycles. The fourth-order valence-corrected chi connectivity index (χ4v) is 0.814. The predicted molar refractivity (Wildman–Crippen MR) is 46.4 cm³/mol. The van der Waals surface area contributed by atoms with Crippen LogP contribution in [-0.2, 0) is 4.74 Å². The summed E-state index contributed by atoms with van der Waals surface area (Å²) in [4.78, 5) is 14.9. The summed E-state index contributed by atoms with van der Waals surface area (Å²) >= 11 is 0. The number of nitrogens with one attached hydrogen (secondary N) is 1. The van der Waals surface area contributed by atoms with E-state index in [-0.39, 0.29) is 24.9 Å². The van der Waals surface area contributed by atoms with Gasteiger partial charge in [0.2, 0.25) is 0 Å². The molecule has 0 aliphatic carbocycles. The van der Waals surface area contributed by atoms with Crippen molar-refractivity contribution in [2.75, 3.05) is 13.2 Å². The molecule has 0 saturated carbocycles. The second-order valence-corrected chi connectivity index (χ2v) is 2.55. The first-order valence-corrected chi connectivity index (χ1v) is 4.14. The van der Waals surface area contributed by atoms with Gasteiger partial charge in [-0.15, -0.1) is 5.10 Å². The predicted octanol–water partition coefficient (Wildman–Crippen LogP) is -1.03. The van der Waals surface area contributed by atoms with Crippen molar-refractivity contribution in [3.05, 3.63) is 11.6 Å². The van der Waals surface area contributed by atoms with Crippen molar-refractivity contribution in [3.8, 4) is 0 Å². The maximum Gasteiger partial charge on any atom is 0.378 e. The van der Waals surface area contributed by atoms with Gasteiger partial charge in [-0.1, -0.05) is 0 Å². The lowest BCUT2D eigenvalue weighted by molar-refractivity contribution is 0.0512. The standard InChI is InChI=1S/C7H12N4O3/c1-2-14-7(13)6-9-5(10-11-6)4(8)3-12/h4,12H,2-3,8H2,1H3,(H,9,10,11)/t4-/m1/s1. The third kappa shape index (κ3) is 2.27. The third-order valence-corrected chi connectivity index (χ3v) is 1.51. The van der Waals surface area contributed by atoms with Crippen LogP contribution in [0.25, 0.3) is 0 Å². The van der Waals surface area contributed by atoms with Gasteiger partial charge in [0.25, 0.3) is 5.82 Å². The van der Waals surface area contributed by atoms with Gasteiger partial charge in [0.05, 0.1) is 19.3 Å². The molecule has 0 aromatic carbocycles. The lowest BCUT2D eigenvalue weighted by Gasteiger charge is -2.00. The molecule has 0 spiro atoms. The van der Waals surface area contributed by atoms with Crippen LogP contribution in [-0.4, -0.2) is 39.5 Å². The van der Waals surface area contributed by atoms with E-state index in [9.17, 15) is 4.79 Å². The number of hydrogen-bond donors (Lipinski definition) is 3. The highest BCUT2D eigenvalue weighted by Gasteiger charge is 2.16. The quantitative estimate of drug-likeness (QED) is 0.535. The minimum atomic E-state index is -0.661.